The van der Waals surface area contributed by atoms with Gasteiger partial charge in [0.05, 0.1) is 12.5 Å². The lowest BCUT2D eigenvalue weighted by atomic mass is 9.72. The van der Waals surface area contributed by atoms with Crippen LogP contribution < -0.4 is 4.74 Å². The molecular formula is C22H27NO3S. The highest BCUT2D eigenvalue weighted by Gasteiger charge is 2.46. The van der Waals surface area contributed by atoms with Gasteiger partial charge in [-0.15, -0.1) is 11.3 Å². The van der Waals surface area contributed by atoms with Crippen molar-refractivity contribution in [1.82, 2.24) is 4.90 Å². The van der Waals surface area contributed by atoms with Gasteiger partial charge in [-0.05, 0) is 49.1 Å². The summed E-state index contributed by atoms with van der Waals surface area (Å²) in [4.78, 5) is 17.3. The summed E-state index contributed by atoms with van der Waals surface area (Å²) >= 11 is 1.83. The first-order chi connectivity index (χ1) is 13.2. The van der Waals surface area contributed by atoms with Gasteiger partial charge in [0.15, 0.2) is 0 Å². The number of carbonyl (C=O) groups is 1. The largest absolute Gasteiger partial charge is 0.496 e. The summed E-state index contributed by atoms with van der Waals surface area (Å²) < 4.78 is 11.2. The van der Waals surface area contributed by atoms with Gasteiger partial charge in [0.25, 0.3) is 0 Å². The number of hydrogen-bond acceptors (Lipinski definition) is 4. The maximum Gasteiger partial charge on any atom is 0.233 e. The van der Waals surface area contributed by atoms with Crippen LogP contribution in [0, 0.1) is 0 Å². The van der Waals surface area contributed by atoms with E-state index in [1.54, 1.807) is 7.11 Å². The summed E-state index contributed by atoms with van der Waals surface area (Å²) in [6.07, 6.45) is 3.53. The van der Waals surface area contributed by atoms with Crippen molar-refractivity contribution in [3.8, 4) is 5.75 Å². The van der Waals surface area contributed by atoms with Gasteiger partial charge < -0.3 is 14.4 Å². The molecule has 0 radical (unpaired) electrons. The SMILES string of the molecule is COc1ccccc1C1(C(=O)N2CCC(c3cccs3)CC2)CCOCC1. The zero-order valence-corrected chi connectivity index (χ0v) is 16.7. The average Bonchev–Trinajstić information content (AvgIpc) is 3.29. The zero-order chi connectivity index (χ0) is 18.7. The quantitative estimate of drug-likeness (QED) is 0.791. The number of benzene rings is 1. The van der Waals surface area contributed by atoms with Crippen LogP contribution in [0.25, 0.3) is 0 Å². The molecule has 0 bridgehead atoms. The van der Waals surface area contributed by atoms with E-state index in [1.807, 2.05) is 29.5 Å². The Bertz CT molecular complexity index is 760. The molecule has 0 atom stereocenters. The number of likely N-dealkylation sites (tertiary alicyclic amines) is 1. The molecule has 0 spiro atoms. The highest BCUT2D eigenvalue weighted by molar-refractivity contribution is 7.10. The molecule has 1 aromatic carbocycles. The van der Waals surface area contributed by atoms with Gasteiger partial charge in [-0.2, -0.15) is 0 Å². The standard InChI is InChI=1S/C22H27NO3S/c1-25-19-6-3-2-5-18(19)22(10-14-26-15-11-22)21(24)23-12-8-17(9-13-23)20-7-4-16-27-20/h2-7,16-17H,8-15H2,1H3. The van der Waals surface area contributed by atoms with Gasteiger partial charge >= 0.3 is 0 Å². The van der Waals surface area contributed by atoms with Crippen LogP contribution in [0.3, 0.4) is 0 Å². The fourth-order valence-electron chi connectivity index (χ4n) is 4.55. The van der Waals surface area contributed by atoms with Crippen molar-refractivity contribution < 1.29 is 14.3 Å². The first-order valence-electron chi connectivity index (χ1n) is 9.78. The molecule has 0 unspecified atom stereocenters. The highest BCUT2D eigenvalue weighted by atomic mass is 32.1. The normalized spacial score (nSPS) is 20.4. The molecule has 1 amide bonds. The predicted octanol–water partition coefficient (Wildman–Crippen LogP) is 4.21. The summed E-state index contributed by atoms with van der Waals surface area (Å²) in [5.41, 5.74) is 0.488. The minimum Gasteiger partial charge on any atom is -0.496 e. The summed E-state index contributed by atoms with van der Waals surface area (Å²) in [7, 11) is 1.68. The molecule has 2 aromatic rings. The molecule has 5 heteroatoms. The Hall–Kier alpha value is -1.85. The zero-order valence-electron chi connectivity index (χ0n) is 15.9. The topological polar surface area (TPSA) is 38.8 Å². The Balaban J connectivity index is 1.57. The van der Waals surface area contributed by atoms with E-state index in [-0.39, 0.29) is 5.91 Å². The highest BCUT2D eigenvalue weighted by Crippen LogP contribution is 2.42. The van der Waals surface area contributed by atoms with Gasteiger partial charge in [0.2, 0.25) is 5.91 Å². The number of para-hydroxylation sites is 1. The lowest BCUT2D eigenvalue weighted by Crippen LogP contribution is -2.52. The van der Waals surface area contributed by atoms with Crippen LogP contribution in [0.4, 0.5) is 0 Å². The Labute approximate surface area is 165 Å². The summed E-state index contributed by atoms with van der Waals surface area (Å²) in [5.74, 6) is 1.65. The molecule has 2 saturated heterocycles. The Kier molecular flexibility index (Phi) is 5.50. The molecule has 0 aliphatic carbocycles. The monoisotopic (exact) mass is 385 g/mol. The van der Waals surface area contributed by atoms with Crippen molar-refractivity contribution >= 4 is 17.2 Å². The second kappa shape index (κ2) is 8.03. The van der Waals surface area contributed by atoms with Crippen LogP contribution in [0.5, 0.6) is 5.75 Å². The number of amides is 1. The first-order valence-corrected chi connectivity index (χ1v) is 10.7. The first kappa shape index (κ1) is 18.5. The predicted molar refractivity (Wildman–Crippen MR) is 108 cm³/mol. The van der Waals surface area contributed by atoms with E-state index in [1.165, 1.54) is 4.88 Å². The molecule has 0 N–H and O–H groups in total. The fourth-order valence-corrected chi connectivity index (χ4v) is 5.45. The van der Waals surface area contributed by atoms with Gasteiger partial charge in [-0.1, -0.05) is 24.3 Å². The third-order valence-corrected chi connectivity index (χ3v) is 7.14. The van der Waals surface area contributed by atoms with Crippen LogP contribution in [-0.2, 0) is 14.9 Å². The number of hydrogen-bond donors (Lipinski definition) is 0. The maximum atomic E-state index is 13.8. The van der Waals surface area contributed by atoms with E-state index >= 15 is 0 Å². The number of piperidine rings is 1. The molecule has 2 aliphatic rings. The molecule has 27 heavy (non-hydrogen) atoms. The van der Waals surface area contributed by atoms with Crippen molar-refractivity contribution in [2.75, 3.05) is 33.4 Å². The molecule has 1 aromatic heterocycles. The molecule has 4 rings (SSSR count). The summed E-state index contributed by atoms with van der Waals surface area (Å²) in [5, 5.41) is 2.14. The van der Waals surface area contributed by atoms with Crippen LogP contribution >= 0.6 is 11.3 Å². The van der Waals surface area contributed by atoms with Crippen LogP contribution in [0.1, 0.15) is 42.0 Å². The Morgan fingerprint density at radius 1 is 1.15 bits per heavy atom. The second-order valence-corrected chi connectivity index (χ2v) is 8.46. The van der Waals surface area contributed by atoms with E-state index in [2.05, 4.69) is 28.5 Å². The van der Waals surface area contributed by atoms with Crippen LogP contribution in [0.2, 0.25) is 0 Å². The molecule has 144 valence electrons. The van der Waals surface area contributed by atoms with Crippen molar-refractivity contribution in [3.05, 3.63) is 52.2 Å². The number of methoxy groups -OCH3 is 1. The van der Waals surface area contributed by atoms with Crippen molar-refractivity contribution in [3.63, 3.8) is 0 Å². The van der Waals surface area contributed by atoms with Crippen molar-refractivity contribution in [1.29, 1.82) is 0 Å². The minimum atomic E-state index is -0.527. The van der Waals surface area contributed by atoms with Gasteiger partial charge in [0.1, 0.15) is 5.75 Å². The molecule has 2 aliphatic heterocycles. The fraction of sp³-hybridized carbons (Fsp3) is 0.500. The molecule has 3 heterocycles. The van der Waals surface area contributed by atoms with Gasteiger partial charge in [-0.3, -0.25) is 4.79 Å². The lowest BCUT2D eigenvalue weighted by Gasteiger charge is -2.42. The van der Waals surface area contributed by atoms with E-state index in [0.29, 0.717) is 19.1 Å². The van der Waals surface area contributed by atoms with E-state index in [0.717, 1.165) is 50.1 Å². The van der Waals surface area contributed by atoms with Gasteiger partial charge in [-0.25, -0.2) is 0 Å². The number of ether oxygens (including phenoxy) is 2. The van der Waals surface area contributed by atoms with E-state index in [4.69, 9.17) is 9.47 Å². The number of rotatable bonds is 4. The third-order valence-electron chi connectivity index (χ3n) is 6.11. The molecule has 0 saturated carbocycles. The number of carbonyl (C=O) groups excluding carboxylic acids is 1. The van der Waals surface area contributed by atoms with Gasteiger partial charge in [0, 0.05) is 36.7 Å². The Morgan fingerprint density at radius 2 is 1.89 bits per heavy atom. The minimum absolute atomic E-state index is 0.250. The molecular weight excluding hydrogens is 358 g/mol. The van der Waals surface area contributed by atoms with Crippen molar-refractivity contribution in [2.24, 2.45) is 0 Å². The van der Waals surface area contributed by atoms with E-state index in [9.17, 15) is 4.79 Å². The molecule has 2 fully saturated rings. The number of thiophene rings is 1. The molecule has 4 nitrogen and oxygen atoms in total. The maximum absolute atomic E-state index is 13.8. The Morgan fingerprint density at radius 3 is 2.56 bits per heavy atom. The summed E-state index contributed by atoms with van der Waals surface area (Å²) in [6.45, 7) is 2.91. The van der Waals surface area contributed by atoms with Crippen molar-refractivity contribution in [2.45, 2.75) is 37.0 Å². The average molecular weight is 386 g/mol. The number of nitrogens with zero attached hydrogens (tertiary/aromatic N) is 1. The van der Waals surface area contributed by atoms with Crippen LogP contribution in [0.15, 0.2) is 41.8 Å². The smallest absolute Gasteiger partial charge is 0.233 e. The lowest BCUT2D eigenvalue weighted by molar-refractivity contribution is -0.142. The van der Waals surface area contributed by atoms with E-state index < -0.39 is 5.41 Å². The third kappa shape index (κ3) is 3.50. The van der Waals surface area contributed by atoms with Crippen LogP contribution in [-0.4, -0.2) is 44.2 Å². The second-order valence-electron chi connectivity index (χ2n) is 7.48. The summed E-state index contributed by atoms with van der Waals surface area (Å²) in [6, 6.07) is 12.3.